The molecule has 0 aliphatic heterocycles. The van der Waals surface area contributed by atoms with Crippen LogP contribution in [0.15, 0.2) is 11.6 Å². The predicted molar refractivity (Wildman–Crippen MR) is 308 cm³/mol. The molecule has 12 heteroatoms. The number of unbranched alkanes of at least 4 members (excludes halogenated alkanes) is 24. The molecule has 0 N–H and O–H groups in total. The number of allylic oxidation sites excluding steroid dienone is 1. The highest BCUT2D eigenvalue weighted by Crippen LogP contribution is 2.65. The second-order valence-electron chi connectivity index (χ2n) is 25.3. The SMILES string of the molecule is CCCCCCCCCCCCCCCC(=O)OCC(COC(=O)CCCCCCCCCCCCCCC)OC(=O)CC(C)CCC(C)C(=O)OC(C)OC(=O)OC1CC[C@H]2[C@@H]3CCC4=CC(=O)CC[C@]4(C)[C@H]3CC[C@]12C. The minimum absolute atomic E-state index is 0.0597. The zero-order valence-electron chi connectivity index (χ0n) is 50.6. The number of esters is 4. The maximum absolute atomic E-state index is 13.3. The van der Waals surface area contributed by atoms with Crippen LogP contribution in [0.25, 0.3) is 0 Å². The first-order chi connectivity index (χ1) is 37.6. The highest BCUT2D eigenvalue weighted by molar-refractivity contribution is 5.91. The van der Waals surface area contributed by atoms with Gasteiger partial charge in [-0.25, -0.2) is 4.79 Å². The van der Waals surface area contributed by atoms with Crippen LogP contribution in [0, 0.1) is 40.4 Å². The van der Waals surface area contributed by atoms with E-state index in [2.05, 4.69) is 27.7 Å². The number of carbonyl (C=O) groups is 6. The molecule has 4 unspecified atom stereocenters. The van der Waals surface area contributed by atoms with Crippen LogP contribution in [0.4, 0.5) is 4.79 Å². The Morgan fingerprint density at radius 1 is 0.551 bits per heavy atom. The van der Waals surface area contributed by atoms with Gasteiger partial charge in [-0.3, -0.25) is 24.0 Å². The van der Waals surface area contributed by atoms with Crippen molar-refractivity contribution in [2.75, 3.05) is 13.2 Å². The van der Waals surface area contributed by atoms with Crippen LogP contribution in [-0.2, 0) is 52.4 Å². The molecule has 78 heavy (non-hydrogen) atoms. The summed E-state index contributed by atoms with van der Waals surface area (Å²) in [6.07, 6.45) is 39.3. The van der Waals surface area contributed by atoms with Gasteiger partial charge in [0.1, 0.15) is 19.3 Å². The summed E-state index contributed by atoms with van der Waals surface area (Å²) in [5, 5.41) is 0. The number of fused-ring (bicyclic) bond motifs is 5. The van der Waals surface area contributed by atoms with Crippen LogP contribution in [0.5, 0.6) is 0 Å². The third kappa shape index (κ3) is 24.3. The van der Waals surface area contributed by atoms with Crippen molar-refractivity contribution in [3.63, 3.8) is 0 Å². The first kappa shape index (κ1) is 67.1. The second kappa shape index (κ2) is 37.5. The van der Waals surface area contributed by atoms with E-state index >= 15 is 0 Å². The van der Waals surface area contributed by atoms with E-state index in [-0.39, 0.29) is 73.0 Å². The summed E-state index contributed by atoms with van der Waals surface area (Å²) in [5.41, 5.74) is 1.26. The third-order valence-electron chi connectivity index (χ3n) is 18.8. The number of hydrogen-bond acceptors (Lipinski definition) is 12. The lowest BCUT2D eigenvalue weighted by Crippen LogP contribution is -2.51. The minimum Gasteiger partial charge on any atom is -0.462 e. The van der Waals surface area contributed by atoms with Gasteiger partial charge in [0.05, 0.1) is 5.92 Å². The lowest BCUT2D eigenvalue weighted by molar-refractivity contribution is -0.175. The first-order valence-electron chi connectivity index (χ1n) is 32.4. The standard InChI is InChI=1S/C66H112O12/c1-8-10-12-14-16-18-20-22-24-26-28-30-32-34-60(68)73-48-55(49-74-61(69)35-33-31-29-27-25-23-21-19-17-15-13-11-9-2)77-62(70)46-50(3)36-37-51(4)63(71)75-52(5)76-64(72)78-59-41-40-57-56-39-38-53-47-54(67)42-44-65(53,6)58(56)43-45-66(57,59)7/h47,50-52,55-59H,8-46,48-49H2,1-7H3/t50?,51?,52?,56-,57-,58-,59?,65-,66-/m0/s1. The molecule has 0 aromatic carbocycles. The van der Waals surface area contributed by atoms with Crippen molar-refractivity contribution in [1.82, 2.24) is 0 Å². The molecule has 3 saturated carbocycles. The Bertz CT molecular complexity index is 1750. The Morgan fingerprint density at radius 3 is 1.56 bits per heavy atom. The topological polar surface area (TPSA) is 158 Å². The van der Waals surface area contributed by atoms with Crippen LogP contribution in [0.3, 0.4) is 0 Å². The quantitative estimate of drug-likeness (QED) is 0.0247. The Balaban J connectivity index is 1.13. The largest absolute Gasteiger partial charge is 0.511 e. The molecule has 3 fully saturated rings. The molecule has 0 spiro atoms. The fourth-order valence-electron chi connectivity index (χ4n) is 13.8. The fraction of sp³-hybridized carbons (Fsp3) is 0.879. The summed E-state index contributed by atoms with van der Waals surface area (Å²) < 4.78 is 34.0. The van der Waals surface area contributed by atoms with E-state index in [0.29, 0.717) is 37.0 Å². The van der Waals surface area contributed by atoms with Gasteiger partial charge < -0.3 is 28.4 Å². The fourth-order valence-corrected chi connectivity index (χ4v) is 13.8. The van der Waals surface area contributed by atoms with Crippen LogP contribution in [0.2, 0.25) is 0 Å². The monoisotopic (exact) mass is 1100 g/mol. The second-order valence-corrected chi connectivity index (χ2v) is 25.3. The van der Waals surface area contributed by atoms with E-state index < -0.39 is 36.4 Å². The zero-order valence-corrected chi connectivity index (χ0v) is 50.6. The first-order valence-corrected chi connectivity index (χ1v) is 32.4. The molecule has 4 aliphatic rings. The third-order valence-corrected chi connectivity index (χ3v) is 18.8. The van der Waals surface area contributed by atoms with E-state index in [9.17, 15) is 28.8 Å². The summed E-state index contributed by atoms with van der Waals surface area (Å²) in [6, 6.07) is 0. The minimum atomic E-state index is -1.14. The average molecular weight is 1100 g/mol. The van der Waals surface area contributed by atoms with Gasteiger partial charge in [-0.1, -0.05) is 201 Å². The highest BCUT2D eigenvalue weighted by atomic mass is 16.8. The van der Waals surface area contributed by atoms with E-state index in [1.54, 1.807) is 6.92 Å². The van der Waals surface area contributed by atoms with Crippen LogP contribution >= 0.6 is 0 Å². The van der Waals surface area contributed by atoms with Crippen molar-refractivity contribution in [3.8, 4) is 0 Å². The molecule has 4 aliphatic carbocycles. The maximum Gasteiger partial charge on any atom is 0.511 e. The molecule has 9 atom stereocenters. The van der Waals surface area contributed by atoms with Crippen molar-refractivity contribution in [2.45, 2.75) is 317 Å². The molecular formula is C66H112O12. The van der Waals surface area contributed by atoms with Gasteiger partial charge in [0.15, 0.2) is 11.9 Å². The normalized spacial score (nSPS) is 23.7. The Morgan fingerprint density at radius 2 is 1.05 bits per heavy atom. The van der Waals surface area contributed by atoms with Gasteiger partial charge in [0, 0.05) is 38.0 Å². The maximum atomic E-state index is 13.3. The summed E-state index contributed by atoms with van der Waals surface area (Å²) in [6.45, 7) is 13.9. The Labute approximate surface area is 473 Å². The van der Waals surface area contributed by atoms with Gasteiger partial charge in [-0.2, -0.15) is 0 Å². The molecule has 0 bridgehead atoms. The summed E-state index contributed by atoms with van der Waals surface area (Å²) in [7, 11) is 0. The van der Waals surface area contributed by atoms with E-state index in [0.717, 1.165) is 83.5 Å². The summed E-state index contributed by atoms with van der Waals surface area (Å²) >= 11 is 0. The molecule has 0 aromatic rings. The summed E-state index contributed by atoms with van der Waals surface area (Å²) in [5.74, 6) is -0.620. The number of rotatable bonds is 42. The molecule has 0 aromatic heterocycles. The lowest BCUT2D eigenvalue weighted by atomic mass is 9.47. The molecular weight excluding hydrogens is 985 g/mol. The predicted octanol–water partition coefficient (Wildman–Crippen LogP) is 17.3. The van der Waals surface area contributed by atoms with E-state index in [4.69, 9.17) is 28.4 Å². The molecule has 0 amide bonds. The van der Waals surface area contributed by atoms with E-state index in [1.165, 1.54) is 141 Å². The number of hydrogen-bond donors (Lipinski definition) is 0. The number of ether oxygens (including phenoxy) is 6. The Kier molecular flexibility index (Phi) is 32.3. The van der Waals surface area contributed by atoms with Crippen molar-refractivity contribution in [3.05, 3.63) is 11.6 Å². The van der Waals surface area contributed by atoms with Crippen molar-refractivity contribution in [2.24, 2.45) is 40.4 Å². The molecule has 12 nitrogen and oxygen atoms in total. The van der Waals surface area contributed by atoms with Gasteiger partial charge in [0.25, 0.3) is 0 Å². The van der Waals surface area contributed by atoms with E-state index in [1.807, 2.05) is 13.0 Å². The van der Waals surface area contributed by atoms with Crippen molar-refractivity contribution in [1.29, 1.82) is 0 Å². The van der Waals surface area contributed by atoms with Gasteiger partial charge in [-0.05, 0) is 106 Å². The Hall–Kier alpha value is -3.44. The molecule has 448 valence electrons. The lowest BCUT2D eigenvalue weighted by Gasteiger charge is -2.57. The molecule has 0 saturated heterocycles. The van der Waals surface area contributed by atoms with Crippen molar-refractivity contribution < 1.29 is 57.2 Å². The molecule has 0 radical (unpaired) electrons. The highest BCUT2D eigenvalue weighted by Gasteiger charge is 2.60. The van der Waals surface area contributed by atoms with Gasteiger partial charge in [-0.15, -0.1) is 0 Å². The van der Waals surface area contributed by atoms with Crippen LogP contribution < -0.4 is 0 Å². The van der Waals surface area contributed by atoms with Crippen molar-refractivity contribution >= 4 is 35.8 Å². The zero-order chi connectivity index (χ0) is 56.6. The van der Waals surface area contributed by atoms with Crippen LogP contribution in [0.1, 0.15) is 299 Å². The number of ketones is 1. The van der Waals surface area contributed by atoms with Gasteiger partial charge >= 0.3 is 30.0 Å². The molecule has 4 rings (SSSR count). The van der Waals surface area contributed by atoms with Gasteiger partial charge in [0.2, 0.25) is 6.29 Å². The average Bonchev–Trinajstić information content (AvgIpc) is 3.93. The number of carbonyl (C=O) groups excluding carboxylic acids is 6. The smallest absolute Gasteiger partial charge is 0.462 e. The van der Waals surface area contributed by atoms with Crippen LogP contribution in [-0.4, -0.2) is 67.5 Å². The molecule has 0 heterocycles. The summed E-state index contributed by atoms with van der Waals surface area (Å²) in [4.78, 5) is 77.5.